The predicted molar refractivity (Wildman–Crippen MR) is 67.6 cm³/mol. The number of hydrogen-bond acceptors (Lipinski definition) is 4. The van der Waals surface area contributed by atoms with E-state index in [0.29, 0.717) is 6.54 Å². The number of carbonyl (C=O) groups is 1. The van der Waals surface area contributed by atoms with Gasteiger partial charge >= 0.3 is 6.09 Å². The third-order valence-electron chi connectivity index (χ3n) is 2.45. The van der Waals surface area contributed by atoms with Crippen LogP contribution in [0.15, 0.2) is 0 Å². The van der Waals surface area contributed by atoms with Crippen molar-refractivity contribution in [2.24, 2.45) is 17.6 Å². The van der Waals surface area contributed by atoms with E-state index in [1.54, 1.807) is 0 Å². The van der Waals surface area contributed by atoms with Crippen molar-refractivity contribution in [3.63, 3.8) is 0 Å². The highest BCUT2D eigenvalue weighted by molar-refractivity contribution is 5.68. The highest BCUT2D eigenvalue weighted by Gasteiger charge is 2.26. The van der Waals surface area contributed by atoms with Crippen LogP contribution in [0, 0.1) is 11.8 Å². The van der Waals surface area contributed by atoms with Crippen LogP contribution in [0.4, 0.5) is 4.79 Å². The first kappa shape index (κ1) is 16.2. The van der Waals surface area contributed by atoms with E-state index in [9.17, 15) is 9.90 Å². The maximum atomic E-state index is 11.7. The molecule has 0 saturated carbocycles. The standard InChI is InChI=1S/C12H26N2O3/c1-8(2)10(9(6-13)7-15)14-11(16)17-12(3,4)5/h8-10,15H,6-7,13H2,1-5H3,(H,14,16). The van der Waals surface area contributed by atoms with Gasteiger partial charge < -0.3 is 20.9 Å². The zero-order valence-corrected chi connectivity index (χ0v) is 11.5. The average Bonchev–Trinajstić information content (AvgIpc) is 2.14. The van der Waals surface area contributed by atoms with Crippen LogP contribution in [0.3, 0.4) is 0 Å². The molecule has 4 N–H and O–H groups in total. The Morgan fingerprint density at radius 3 is 2.24 bits per heavy atom. The zero-order chi connectivity index (χ0) is 13.6. The van der Waals surface area contributed by atoms with Crippen LogP contribution in [0.5, 0.6) is 0 Å². The number of nitrogens with two attached hydrogens (primary N) is 1. The van der Waals surface area contributed by atoms with E-state index < -0.39 is 11.7 Å². The Balaban J connectivity index is 4.50. The number of hydrogen-bond donors (Lipinski definition) is 3. The van der Waals surface area contributed by atoms with Crippen LogP contribution < -0.4 is 11.1 Å². The molecular formula is C12H26N2O3. The number of nitrogens with one attached hydrogen (secondary N) is 1. The van der Waals surface area contributed by atoms with Gasteiger partial charge in [-0.3, -0.25) is 0 Å². The first-order chi connectivity index (χ1) is 7.71. The van der Waals surface area contributed by atoms with Crippen molar-refractivity contribution < 1.29 is 14.6 Å². The van der Waals surface area contributed by atoms with Crippen molar-refractivity contribution in [2.45, 2.75) is 46.3 Å². The second kappa shape index (κ2) is 6.81. The Morgan fingerprint density at radius 1 is 1.41 bits per heavy atom. The Bertz CT molecular complexity index is 232. The molecule has 0 spiro atoms. The Morgan fingerprint density at radius 2 is 1.94 bits per heavy atom. The molecule has 0 aliphatic rings. The minimum atomic E-state index is -0.525. The first-order valence-electron chi connectivity index (χ1n) is 6.01. The fourth-order valence-electron chi connectivity index (χ4n) is 1.61. The van der Waals surface area contributed by atoms with E-state index in [-0.39, 0.29) is 24.5 Å². The van der Waals surface area contributed by atoms with Crippen LogP contribution >= 0.6 is 0 Å². The van der Waals surface area contributed by atoms with Gasteiger partial charge in [-0.15, -0.1) is 0 Å². The van der Waals surface area contributed by atoms with Crippen LogP contribution in [0.2, 0.25) is 0 Å². The van der Waals surface area contributed by atoms with Crippen molar-refractivity contribution in [3.05, 3.63) is 0 Å². The van der Waals surface area contributed by atoms with E-state index in [1.807, 2.05) is 34.6 Å². The second-order valence-electron chi connectivity index (χ2n) is 5.59. The van der Waals surface area contributed by atoms with Gasteiger partial charge in [-0.2, -0.15) is 0 Å². The normalized spacial score (nSPS) is 15.5. The van der Waals surface area contributed by atoms with Gasteiger partial charge in [-0.1, -0.05) is 13.8 Å². The van der Waals surface area contributed by atoms with E-state index >= 15 is 0 Å². The minimum absolute atomic E-state index is 0.0465. The molecule has 5 heteroatoms. The average molecular weight is 246 g/mol. The summed E-state index contributed by atoms with van der Waals surface area (Å²) in [6.07, 6.45) is -0.469. The number of alkyl carbamates (subject to hydrolysis) is 1. The van der Waals surface area contributed by atoms with Crippen molar-refractivity contribution in [2.75, 3.05) is 13.2 Å². The lowest BCUT2D eigenvalue weighted by Crippen LogP contribution is -2.49. The Kier molecular flexibility index (Phi) is 6.49. The number of aliphatic hydroxyl groups excluding tert-OH is 1. The Hall–Kier alpha value is -0.810. The molecule has 0 rings (SSSR count). The van der Waals surface area contributed by atoms with E-state index in [1.165, 1.54) is 0 Å². The van der Waals surface area contributed by atoms with E-state index in [4.69, 9.17) is 10.5 Å². The number of amides is 1. The fraction of sp³-hybridized carbons (Fsp3) is 0.917. The highest BCUT2D eigenvalue weighted by atomic mass is 16.6. The summed E-state index contributed by atoms with van der Waals surface area (Å²) in [5.41, 5.74) is 5.05. The third kappa shape index (κ3) is 6.48. The van der Waals surface area contributed by atoms with Gasteiger partial charge in [0.25, 0.3) is 0 Å². The maximum absolute atomic E-state index is 11.7. The molecule has 0 saturated heterocycles. The summed E-state index contributed by atoms with van der Waals surface area (Å²) in [6, 6.07) is -0.181. The number of aliphatic hydroxyl groups is 1. The lowest BCUT2D eigenvalue weighted by atomic mass is 9.91. The second-order valence-corrected chi connectivity index (χ2v) is 5.59. The summed E-state index contributed by atoms with van der Waals surface area (Å²) < 4.78 is 5.19. The number of ether oxygens (including phenoxy) is 1. The molecule has 2 unspecified atom stereocenters. The largest absolute Gasteiger partial charge is 0.444 e. The molecule has 0 aliphatic heterocycles. The van der Waals surface area contributed by atoms with Crippen LogP contribution in [-0.2, 0) is 4.74 Å². The lowest BCUT2D eigenvalue weighted by Gasteiger charge is -2.30. The van der Waals surface area contributed by atoms with Gasteiger partial charge in [0, 0.05) is 18.6 Å². The van der Waals surface area contributed by atoms with Crippen LogP contribution in [0.25, 0.3) is 0 Å². The molecule has 0 bridgehead atoms. The van der Waals surface area contributed by atoms with Crippen molar-refractivity contribution in [1.29, 1.82) is 0 Å². The molecule has 0 heterocycles. The van der Waals surface area contributed by atoms with Gasteiger partial charge in [0.15, 0.2) is 0 Å². The van der Waals surface area contributed by atoms with E-state index in [0.717, 1.165) is 0 Å². The SMILES string of the molecule is CC(C)C(NC(=O)OC(C)(C)C)C(CN)CO. The monoisotopic (exact) mass is 246 g/mol. The molecule has 17 heavy (non-hydrogen) atoms. The van der Waals surface area contributed by atoms with Crippen LogP contribution in [-0.4, -0.2) is 36.0 Å². The molecule has 102 valence electrons. The molecule has 1 amide bonds. The molecular weight excluding hydrogens is 220 g/mol. The summed E-state index contributed by atoms with van der Waals surface area (Å²) in [7, 11) is 0. The molecule has 0 aromatic heterocycles. The number of carbonyl (C=O) groups excluding carboxylic acids is 1. The van der Waals surface area contributed by atoms with E-state index in [2.05, 4.69) is 5.32 Å². The highest BCUT2D eigenvalue weighted by Crippen LogP contribution is 2.14. The van der Waals surface area contributed by atoms with Crippen molar-refractivity contribution in [3.8, 4) is 0 Å². The van der Waals surface area contributed by atoms with Gasteiger partial charge in [-0.05, 0) is 33.2 Å². The maximum Gasteiger partial charge on any atom is 0.407 e. The van der Waals surface area contributed by atoms with Crippen LogP contribution in [0.1, 0.15) is 34.6 Å². The number of rotatable bonds is 5. The van der Waals surface area contributed by atoms with Gasteiger partial charge in [0.2, 0.25) is 0 Å². The van der Waals surface area contributed by atoms with Gasteiger partial charge in [0.1, 0.15) is 5.60 Å². The molecule has 0 radical (unpaired) electrons. The summed E-state index contributed by atoms with van der Waals surface area (Å²) in [4.78, 5) is 11.7. The van der Waals surface area contributed by atoms with Gasteiger partial charge in [0.05, 0.1) is 0 Å². The summed E-state index contributed by atoms with van der Waals surface area (Å²) in [5.74, 6) is 0.0331. The van der Waals surface area contributed by atoms with Gasteiger partial charge in [-0.25, -0.2) is 4.79 Å². The third-order valence-corrected chi connectivity index (χ3v) is 2.45. The first-order valence-corrected chi connectivity index (χ1v) is 6.01. The molecule has 0 fully saturated rings. The minimum Gasteiger partial charge on any atom is -0.444 e. The fourth-order valence-corrected chi connectivity index (χ4v) is 1.61. The van der Waals surface area contributed by atoms with Crippen molar-refractivity contribution in [1.82, 2.24) is 5.32 Å². The zero-order valence-electron chi connectivity index (χ0n) is 11.5. The molecule has 0 aromatic rings. The molecule has 2 atom stereocenters. The summed E-state index contributed by atoms with van der Waals surface area (Å²) in [5, 5.41) is 12.0. The smallest absolute Gasteiger partial charge is 0.407 e. The summed E-state index contributed by atoms with van der Waals surface area (Å²) in [6.45, 7) is 9.65. The molecule has 5 nitrogen and oxygen atoms in total. The molecule has 0 aromatic carbocycles. The molecule has 0 aliphatic carbocycles. The quantitative estimate of drug-likeness (QED) is 0.678. The van der Waals surface area contributed by atoms with Crippen molar-refractivity contribution >= 4 is 6.09 Å². The predicted octanol–water partition coefficient (Wildman–Crippen LogP) is 1.10. The topological polar surface area (TPSA) is 84.6 Å². The summed E-state index contributed by atoms with van der Waals surface area (Å²) >= 11 is 0. The lowest BCUT2D eigenvalue weighted by molar-refractivity contribution is 0.0448. The Labute approximate surface area is 104 Å².